The maximum absolute atomic E-state index is 12.5. The Kier molecular flexibility index (Phi) is 4.32. The lowest BCUT2D eigenvalue weighted by Crippen LogP contribution is -2.34. The van der Waals surface area contributed by atoms with E-state index < -0.39 is 10.0 Å². The first-order valence-corrected chi connectivity index (χ1v) is 8.22. The second-order valence-corrected chi connectivity index (χ2v) is 7.15. The van der Waals surface area contributed by atoms with Crippen LogP contribution in [0.5, 0.6) is 0 Å². The average molecular weight is 313 g/mol. The van der Waals surface area contributed by atoms with Gasteiger partial charge in [-0.15, -0.1) is 0 Å². The first-order chi connectivity index (χ1) is 9.36. The molecule has 0 amide bonds. The molecule has 4 nitrogen and oxygen atoms in total. The monoisotopic (exact) mass is 312 g/mol. The van der Waals surface area contributed by atoms with Crippen molar-refractivity contribution < 1.29 is 8.42 Å². The van der Waals surface area contributed by atoms with Gasteiger partial charge in [0.1, 0.15) is 5.15 Å². The second kappa shape index (κ2) is 5.68. The van der Waals surface area contributed by atoms with E-state index in [9.17, 15) is 8.42 Å². The summed E-state index contributed by atoms with van der Waals surface area (Å²) < 4.78 is 26.4. The van der Waals surface area contributed by atoms with Gasteiger partial charge < -0.3 is 0 Å². The van der Waals surface area contributed by atoms with Crippen LogP contribution in [-0.2, 0) is 10.0 Å². The molecule has 1 aromatic heterocycles. The summed E-state index contributed by atoms with van der Waals surface area (Å²) in [5, 5.41) is 1.15. The minimum atomic E-state index is -3.48. The van der Waals surface area contributed by atoms with Gasteiger partial charge in [-0.1, -0.05) is 18.5 Å². The molecule has 20 heavy (non-hydrogen) atoms. The van der Waals surface area contributed by atoms with Gasteiger partial charge in [0.05, 0.1) is 10.4 Å². The lowest BCUT2D eigenvalue weighted by Gasteiger charge is -2.23. The van der Waals surface area contributed by atoms with Crippen LogP contribution in [0.3, 0.4) is 0 Å². The van der Waals surface area contributed by atoms with E-state index in [1.165, 1.54) is 4.31 Å². The summed E-state index contributed by atoms with van der Waals surface area (Å²) >= 11 is 5.82. The molecule has 0 aliphatic carbocycles. The first kappa shape index (κ1) is 15.2. The maximum atomic E-state index is 12.5. The van der Waals surface area contributed by atoms with Crippen LogP contribution in [0, 0.1) is 0 Å². The molecule has 0 aliphatic heterocycles. The Labute approximate surface area is 124 Å². The summed E-state index contributed by atoms with van der Waals surface area (Å²) in [7, 11) is -1.87. The Balaban J connectivity index is 2.50. The van der Waals surface area contributed by atoms with E-state index in [2.05, 4.69) is 4.98 Å². The second-order valence-electron chi connectivity index (χ2n) is 4.77. The molecule has 0 radical (unpaired) electrons. The maximum Gasteiger partial charge on any atom is 0.243 e. The quantitative estimate of drug-likeness (QED) is 0.814. The number of hydrogen-bond donors (Lipinski definition) is 0. The summed E-state index contributed by atoms with van der Waals surface area (Å²) in [6.45, 7) is 3.85. The normalized spacial score (nSPS) is 13.8. The van der Waals surface area contributed by atoms with Gasteiger partial charge in [-0.2, -0.15) is 4.31 Å². The number of fused-ring (bicyclic) bond motifs is 1. The minimum absolute atomic E-state index is 0.0426. The topological polar surface area (TPSA) is 50.3 Å². The van der Waals surface area contributed by atoms with E-state index in [0.29, 0.717) is 10.7 Å². The van der Waals surface area contributed by atoms with Crippen LogP contribution in [0.2, 0.25) is 5.15 Å². The molecule has 1 heterocycles. The van der Waals surface area contributed by atoms with Crippen molar-refractivity contribution in [3.63, 3.8) is 0 Å². The molecule has 2 aromatic rings. The smallest absolute Gasteiger partial charge is 0.236 e. The van der Waals surface area contributed by atoms with Gasteiger partial charge in [-0.3, -0.25) is 0 Å². The summed E-state index contributed by atoms with van der Waals surface area (Å²) in [6.07, 6.45) is 0.764. The van der Waals surface area contributed by atoms with Crippen molar-refractivity contribution >= 4 is 32.5 Å². The van der Waals surface area contributed by atoms with Crippen molar-refractivity contribution in [2.45, 2.75) is 31.2 Å². The molecule has 0 saturated carbocycles. The molecule has 0 aliphatic rings. The number of sulfonamides is 1. The van der Waals surface area contributed by atoms with E-state index in [-0.39, 0.29) is 10.9 Å². The molecule has 0 spiro atoms. The van der Waals surface area contributed by atoms with Gasteiger partial charge in [0.2, 0.25) is 10.0 Å². The van der Waals surface area contributed by atoms with Crippen molar-refractivity contribution in [1.82, 2.24) is 9.29 Å². The van der Waals surface area contributed by atoms with Crippen molar-refractivity contribution in [2.75, 3.05) is 7.05 Å². The van der Waals surface area contributed by atoms with E-state index in [0.717, 1.165) is 11.8 Å². The number of halogens is 1. The molecular formula is C14H17ClN2O2S. The SMILES string of the molecule is CCC(C)N(C)S(=O)(=O)c1ccc2nc(Cl)ccc2c1. The predicted molar refractivity (Wildman–Crippen MR) is 81.5 cm³/mol. The lowest BCUT2D eigenvalue weighted by atomic mass is 10.2. The Morgan fingerprint density at radius 3 is 2.65 bits per heavy atom. The highest BCUT2D eigenvalue weighted by Crippen LogP contribution is 2.23. The van der Waals surface area contributed by atoms with Crippen LogP contribution in [0.15, 0.2) is 35.2 Å². The average Bonchev–Trinajstić information content (AvgIpc) is 2.44. The molecule has 1 atom stereocenters. The molecule has 0 N–H and O–H groups in total. The molecule has 0 fully saturated rings. The fourth-order valence-electron chi connectivity index (χ4n) is 1.90. The molecule has 1 unspecified atom stereocenters. The van der Waals surface area contributed by atoms with E-state index in [1.54, 1.807) is 37.4 Å². The van der Waals surface area contributed by atoms with Crippen molar-refractivity contribution in [2.24, 2.45) is 0 Å². The summed E-state index contributed by atoms with van der Waals surface area (Å²) in [4.78, 5) is 4.43. The highest BCUT2D eigenvalue weighted by Gasteiger charge is 2.24. The van der Waals surface area contributed by atoms with Crippen molar-refractivity contribution in [1.29, 1.82) is 0 Å². The fourth-order valence-corrected chi connectivity index (χ4v) is 3.52. The number of benzene rings is 1. The predicted octanol–water partition coefficient (Wildman–Crippen LogP) is 3.31. The lowest BCUT2D eigenvalue weighted by molar-refractivity contribution is 0.380. The third-order valence-corrected chi connectivity index (χ3v) is 5.69. The van der Waals surface area contributed by atoms with Crippen molar-refractivity contribution in [3.05, 3.63) is 35.5 Å². The van der Waals surface area contributed by atoms with Crippen LogP contribution < -0.4 is 0 Å². The van der Waals surface area contributed by atoms with Crippen LogP contribution in [0.4, 0.5) is 0 Å². The fraction of sp³-hybridized carbons (Fsp3) is 0.357. The number of nitrogens with zero attached hydrogens (tertiary/aromatic N) is 2. The number of rotatable bonds is 4. The van der Waals surface area contributed by atoms with Gasteiger partial charge in [-0.25, -0.2) is 13.4 Å². The Hall–Kier alpha value is -1.17. The standard InChI is InChI=1S/C14H17ClN2O2S/c1-4-10(2)17(3)20(18,19)12-6-7-13-11(9-12)5-8-14(15)16-13/h5-10H,4H2,1-3H3. The van der Waals surface area contributed by atoms with Gasteiger partial charge in [-0.05, 0) is 43.7 Å². The largest absolute Gasteiger partial charge is 0.243 e. The molecule has 108 valence electrons. The first-order valence-electron chi connectivity index (χ1n) is 6.40. The van der Waals surface area contributed by atoms with E-state index in [4.69, 9.17) is 11.6 Å². The Bertz CT molecular complexity index is 731. The molecule has 2 rings (SSSR count). The van der Waals surface area contributed by atoms with Crippen LogP contribution in [0.25, 0.3) is 10.9 Å². The van der Waals surface area contributed by atoms with Crippen LogP contribution in [0.1, 0.15) is 20.3 Å². The molecule has 6 heteroatoms. The number of aromatic nitrogens is 1. The van der Waals surface area contributed by atoms with Gasteiger partial charge in [0.15, 0.2) is 0 Å². The van der Waals surface area contributed by atoms with Crippen molar-refractivity contribution in [3.8, 4) is 0 Å². The molecule has 0 bridgehead atoms. The van der Waals surface area contributed by atoms with E-state index >= 15 is 0 Å². The Morgan fingerprint density at radius 1 is 1.30 bits per heavy atom. The zero-order valence-electron chi connectivity index (χ0n) is 11.7. The third kappa shape index (κ3) is 2.80. The number of hydrogen-bond acceptors (Lipinski definition) is 3. The third-order valence-electron chi connectivity index (χ3n) is 3.52. The molecule has 1 aromatic carbocycles. The van der Waals surface area contributed by atoms with Gasteiger partial charge in [0, 0.05) is 18.5 Å². The van der Waals surface area contributed by atoms with E-state index in [1.807, 2.05) is 13.8 Å². The molecular weight excluding hydrogens is 296 g/mol. The van der Waals surface area contributed by atoms with Crippen LogP contribution >= 0.6 is 11.6 Å². The zero-order chi connectivity index (χ0) is 14.9. The summed E-state index contributed by atoms with van der Waals surface area (Å²) in [5.74, 6) is 0. The van der Waals surface area contributed by atoms with Gasteiger partial charge in [0.25, 0.3) is 0 Å². The highest BCUT2D eigenvalue weighted by molar-refractivity contribution is 7.89. The number of pyridine rings is 1. The summed E-state index contributed by atoms with van der Waals surface area (Å²) in [6, 6.07) is 8.26. The Morgan fingerprint density at radius 2 is 2.00 bits per heavy atom. The summed E-state index contributed by atoms with van der Waals surface area (Å²) in [5.41, 5.74) is 0.683. The highest BCUT2D eigenvalue weighted by atomic mass is 35.5. The molecule has 0 saturated heterocycles. The zero-order valence-corrected chi connectivity index (χ0v) is 13.2. The van der Waals surface area contributed by atoms with Crippen LogP contribution in [-0.4, -0.2) is 30.8 Å². The minimum Gasteiger partial charge on any atom is -0.236 e. The van der Waals surface area contributed by atoms with Gasteiger partial charge >= 0.3 is 0 Å².